The Balaban J connectivity index is 1.41. The maximum Gasteiger partial charge on any atom is 0.333 e. The van der Waals surface area contributed by atoms with E-state index in [1.165, 1.54) is 43.6 Å². The van der Waals surface area contributed by atoms with Crippen LogP contribution in [0, 0.1) is 0 Å². The van der Waals surface area contributed by atoms with Crippen LogP contribution in [-0.2, 0) is 14.3 Å². The molecule has 1 aliphatic rings. The number of carbonyl (C=O) groups is 5. The molecule has 4 amide bonds. The highest BCUT2D eigenvalue weighted by molar-refractivity contribution is 6.21. The first-order valence-corrected chi connectivity index (χ1v) is 10.2. The minimum atomic E-state index is -1.18. The number of furan rings is 1. The normalized spacial score (nSPS) is 13.3. The Bertz CT molecular complexity index is 1270. The minimum absolute atomic E-state index is 0.0155. The average molecular weight is 461 g/mol. The molecule has 1 unspecified atom stereocenters. The van der Waals surface area contributed by atoms with E-state index in [0.29, 0.717) is 5.56 Å². The lowest BCUT2D eigenvalue weighted by molar-refractivity contribution is -0.149. The van der Waals surface area contributed by atoms with Crippen molar-refractivity contribution in [3.8, 4) is 0 Å². The summed E-state index contributed by atoms with van der Waals surface area (Å²) in [7, 11) is 1.37. The fraction of sp³-hybridized carbons (Fsp3) is 0.125. The molecule has 10 heteroatoms. The molecule has 172 valence electrons. The van der Waals surface area contributed by atoms with Crippen molar-refractivity contribution in [1.82, 2.24) is 10.2 Å². The van der Waals surface area contributed by atoms with Crippen molar-refractivity contribution < 1.29 is 33.1 Å². The van der Waals surface area contributed by atoms with Crippen molar-refractivity contribution in [3.05, 3.63) is 89.4 Å². The second-order valence-electron chi connectivity index (χ2n) is 7.38. The molecule has 1 atom stereocenters. The second-order valence-corrected chi connectivity index (χ2v) is 7.38. The Kier molecular flexibility index (Phi) is 6.22. The van der Waals surface area contributed by atoms with Crippen LogP contribution in [0.1, 0.15) is 42.9 Å². The first kappa shape index (κ1) is 22.5. The van der Waals surface area contributed by atoms with Crippen molar-refractivity contribution >= 4 is 35.3 Å². The maximum absolute atomic E-state index is 12.7. The standard InChI is InChI=1S/C24H19N3O7/c1-27-22(30)16-10-9-15(12-17(16)23(27)31)25-19(28)13-34-24(32)20(14-6-3-2-4-7-14)26-21(29)18-8-5-11-33-18/h2-12,20H,13H2,1H3,(H,25,28)(H,26,29). The van der Waals surface area contributed by atoms with E-state index in [-0.39, 0.29) is 22.6 Å². The molecule has 0 saturated heterocycles. The number of fused-ring (bicyclic) bond motifs is 1. The molecule has 0 spiro atoms. The van der Waals surface area contributed by atoms with Gasteiger partial charge in [-0.15, -0.1) is 0 Å². The molecular weight excluding hydrogens is 442 g/mol. The highest BCUT2D eigenvalue weighted by Crippen LogP contribution is 2.24. The summed E-state index contributed by atoms with van der Waals surface area (Å²) in [5.74, 6) is -3.01. The number of amides is 4. The fourth-order valence-corrected chi connectivity index (χ4v) is 3.39. The molecule has 10 nitrogen and oxygen atoms in total. The minimum Gasteiger partial charge on any atom is -0.459 e. The molecule has 2 heterocycles. The number of imide groups is 1. The van der Waals surface area contributed by atoms with Gasteiger partial charge in [-0.3, -0.25) is 24.1 Å². The molecule has 34 heavy (non-hydrogen) atoms. The van der Waals surface area contributed by atoms with Crippen LogP contribution in [0.5, 0.6) is 0 Å². The van der Waals surface area contributed by atoms with Crippen LogP contribution in [0.3, 0.4) is 0 Å². The lowest BCUT2D eigenvalue weighted by atomic mass is 10.1. The molecule has 0 saturated carbocycles. The Labute approximate surface area is 193 Å². The number of anilines is 1. The second kappa shape index (κ2) is 9.41. The SMILES string of the molecule is CN1C(=O)c2ccc(NC(=O)COC(=O)C(NC(=O)c3ccco3)c3ccccc3)cc2C1=O. The van der Waals surface area contributed by atoms with E-state index in [9.17, 15) is 24.0 Å². The zero-order valence-corrected chi connectivity index (χ0v) is 17.9. The van der Waals surface area contributed by atoms with Crippen LogP contribution in [-0.4, -0.2) is 48.2 Å². The van der Waals surface area contributed by atoms with Crippen LogP contribution >= 0.6 is 0 Å². The summed E-state index contributed by atoms with van der Waals surface area (Å²) in [5, 5.41) is 5.06. The number of benzene rings is 2. The van der Waals surface area contributed by atoms with Crippen molar-refractivity contribution in [3.63, 3.8) is 0 Å². The van der Waals surface area contributed by atoms with Crippen LogP contribution in [0.15, 0.2) is 71.3 Å². The Morgan fingerprint density at radius 3 is 2.41 bits per heavy atom. The lowest BCUT2D eigenvalue weighted by Crippen LogP contribution is -2.36. The van der Waals surface area contributed by atoms with Gasteiger partial charge in [0.1, 0.15) is 0 Å². The van der Waals surface area contributed by atoms with E-state index in [0.717, 1.165) is 4.90 Å². The predicted molar refractivity (Wildman–Crippen MR) is 118 cm³/mol. The topological polar surface area (TPSA) is 135 Å². The molecule has 2 aromatic carbocycles. The number of hydrogen-bond acceptors (Lipinski definition) is 7. The number of carbonyl (C=O) groups excluding carboxylic acids is 5. The van der Waals surface area contributed by atoms with Crippen LogP contribution < -0.4 is 10.6 Å². The van der Waals surface area contributed by atoms with E-state index in [1.54, 1.807) is 30.3 Å². The van der Waals surface area contributed by atoms with Gasteiger partial charge in [0.2, 0.25) is 0 Å². The van der Waals surface area contributed by atoms with Gasteiger partial charge in [-0.1, -0.05) is 30.3 Å². The van der Waals surface area contributed by atoms with Crippen molar-refractivity contribution in [1.29, 1.82) is 0 Å². The van der Waals surface area contributed by atoms with Crippen molar-refractivity contribution in [2.75, 3.05) is 19.0 Å². The number of nitrogens with zero attached hydrogens (tertiary/aromatic N) is 1. The van der Waals surface area contributed by atoms with Gasteiger partial charge in [0, 0.05) is 12.7 Å². The van der Waals surface area contributed by atoms with E-state index in [2.05, 4.69) is 10.6 Å². The lowest BCUT2D eigenvalue weighted by Gasteiger charge is -2.17. The molecule has 3 aromatic rings. The zero-order chi connectivity index (χ0) is 24.2. The van der Waals surface area contributed by atoms with Gasteiger partial charge in [0.25, 0.3) is 23.6 Å². The monoisotopic (exact) mass is 461 g/mol. The maximum atomic E-state index is 12.7. The summed E-state index contributed by atoms with van der Waals surface area (Å²) in [5.41, 5.74) is 1.14. The van der Waals surface area contributed by atoms with Gasteiger partial charge in [0.15, 0.2) is 18.4 Å². The molecule has 0 aliphatic carbocycles. The van der Waals surface area contributed by atoms with Gasteiger partial charge in [0.05, 0.1) is 17.4 Å². The number of hydrogen-bond donors (Lipinski definition) is 2. The molecule has 0 fully saturated rings. The van der Waals surface area contributed by atoms with Gasteiger partial charge >= 0.3 is 5.97 Å². The van der Waals surface area contributed by atoms with E-state index < -0.39 is 42.2 Å². The highest BCUT2D eigenvalue weighted by Gasteiger charge is 2.33. The van der Waals surface area contributed by atoms with Crippen LogP contribution in [0.25, 0.3) is 0 Å². The van der Waals surface area contributed by atoms with Crippen LogP contribution in [0.2, 0.25) is 0 Å². The predicted octanol–water partition coefficient (Wildman–Crippen LogP) is 2.16. The third kappa shape index (κ3) is 4.56. The number of rotatable bonds is 7. The summed E-state index contributed by atoms with van der Waals surface area (Å²) >= 11 is 0. The fourth-order valence-electron chi connectivity index (χ4n) is 3.39. The van der Waals surface area contributed by atoms with Crippen molar-refractivity contribution in [2.24, 2.45) is 0 Å². The third-order valence-electron chi connectivity index (χ3n) is 5.11. The van der Waals surface area contributed by atoms with E-state index in [1.807, 2.05) is 0 Å². The molecule has 0 bridgehead atoms. The average Bonchev–Trinajstić information content (AvgIpc) is 3.46. The highest BCUT2D eigenvalue weighted by atomic mass is 16.5. The van der Waals surface area contributed by atoms with Gasteiger partial charge in [-0.05, 0) is 35.9 Å². The molecule has 2 N–H and O–H groups in total. The Morgan fingerprint density at radius 2 is 1.71 bits per heavy atom. The summed E-state index contributed by atoms with van der Waals surface area (Å²) in [6.07, 6.45) is 1.33. The first-order valence-electron chi connectivity index (χ1n) is 10.2. The van der Waals surface area contributed by atoms with Gasteiger partial charge in [-0.25, -0.2) is 4.79 Å². The summed E-state index contributed by atoms with van der Waals surface area (Å²) in [4.78, 5) is 62.6. The number of esters is 1. The summed E-state index contributed by atoms with van der Waals surface area (Å²) < 4.78 is 10.2. The molecule has 1 aromatic heterocycles. The van der Waals surface area contributed by atoms with Gasteiger partial charge in [-0.2, -0.15) is 0 Å². The molecule has 1 aliphatic heterocycles. The quantitative estimate of drug-likeness (QED) is 0.407. The Morgan fingerprint density at radius 1 is 0.971 bits per heavy atom. The van der Waals surface area contributed by atoms with E-state index in [4.69, 9.17) is 9.15 Å². The van der Waals surface area contributed by atoms with Crippen molar-refractivity contribution in [2.45, 2.75) is 6.04 Å². The van der Waals surface area contributed by atoms with Gasteiger partial charge < -0.3 is 19.8 Å². The first-order chi connectivity index (χ1) is 16.3. The molecule has 4 rings (SSSR count). The number of nitrogens with one attached hydrogen (secondary N) is 2. The summed E-state index contributed by atoms with van der Waals surface area (Å²) in [6, 6.07) is 14.5. The van der Waals surface area contributed by atoms with E-state index >= 15 is 0 Å². The zero-order valence-electron chi connectivity index (χ0n) is 17.9. The largest absolute Gasteiger partial charge is 0.459 e. The number of ether oxygens (including phenoxy) is 1. The molecule has 0 radical (unpaired) electrons. The molecular formula is C24H19N3O7. The summed E-state index contributed by atoms with van der Waals surface area (Å²) in [6.45, 7) is -0.636. The Hall–Kier alpha value is -4.73. The smallest absolute Gasteiger partial charge is 0.333 e. The van der Waals surface area contributed by atoms with Crippen LogP contribution in [0.4, 0.5) is 5.69 Å². The third-order valence-corrected chi connectivity index (χ3v) is 5.11.